The van der Waals surface area contributed by atoms with Gasteiger partial charge in [-0.3, -0.25) is 9.56 Å². The third-order valence-electron chi connectivity index (χ3n) is 3.16. The second kappa shape index (κ2) is 8.43. The average Bonchev–Trinajstić information content (AvgIpc) is 2.97. The van der Waals surface area contributed by atoms with E-state index >= 15 is 0 Å². The van der Waals surface area contributed by atoms with Gasteiger partial charge in [-0.15, -0.1) is 0 Å². The number of rotatable bonds is 6. The highest BCUT2D eigenvalue weighted by molar-refractivity contribution is 7.98. The van der Waals surface area contributed by atoms with E-state index in [0.29, 0.717) is 6.54 Å². The summed E-state index contributed by atoms with van der Waals surface area (Å²) in [5, 5.41) is 6.55. The predicted octanol–water partition coefficient (Wildman–Crippen LogP) is 1.60. The Morgan fingerprint density at radius 3 is 2.77 bits per heavy atom. The molecule has 0 unspecified atom stereocenters. The van der Waals surface area contributed by atoms with Gasteiger partial charge in [0.05, 0.1) is 0 Å². The monoisotopic (exact) mass is 318 g/mol. The number of imidazole rings is 1. The number of aromatic nitrogens is 3. The maximum Gasteiger partial charge on any atom is 0.191 e. The highest BCUT2D eigenvalue weighted by Gasteiger charge is 2.02. The molecule has 7 heteroatoms. The van der Waals surface area contributed by atoms with Crippen LogP contribution in [0.1, 0.15) is 11.4 Å². The van der Waals surface area contributed by atoms with Crippen LogP contribution < -0.4 is 10.6 Å². The number of hydrogen-bond donors (Lipinski definition) is 2. The molecule has 0 radical (unpaired) electrons. The van der Waals surface area contributed by atoms with Crippen molar-refractivity contribution >= 4 is 17.7 Å². The van der Waals surface area contributed by atoms with Crippen molar-refractivity contribution in [3.63, 3.8) is 0 Å². The number of aryl methyl sites for hydroxylation is 1. The molecule has 0 aromatic carbocycles. The summed E-state index contributed by atoms with van der Waals surface area (Å²) in [7, 11) is 1.78. The highest BCUT2D eigenvalue weighted by Crippen LogP contribution is 2.08. The normalized spacial score (nSPS) is 11.5. The van der Waals surface area contributed by atoms with E-state index in [-0.39, 0.29) is 0 Å². The molecule has 6 nitrogen and oxygen atoms in total. The lowest BCUT2D eigenvalue weighted by Gasteiger charge is -2.11. The van der Waals surface area contributed by atoms with Crippen LogP contribution in [0.2, 0.25) is 0 Å². The molecule has 2 heterocycles. The first-order chi connectivity index (χ1) is 10.7. The van der Waals surface area contributed by atoms with Gasteiger partial charge in [0, 0.05) is 44.5 Å². The second-order valence-corrected chi connectivity index (χ2v) is 5.70. The van der Waals surface area contributed by atoms with Gasteiger partial charge in [0.15, 0.2) is 5.96 Å². The van der Waals surface area contributed by atoms with Crippen molar-refractivity contribution in [1.82, 2.24) is 25.2 Å². The van der Waals surface area contributed by atoms with Gasteiger partial charge < -0.3 is 10.6 Å². The lowest BCUT2D eigenvalue weighted by Crippen LogP contribution is -2.37. The number of aliphatic imine (C=N–C) groups is 1. The van der Waals surface area contributed by atoms with Crippen molar-refractivity contribution in [2.24, 2.45) is 4.99 Å². The van der Waals surface area contributed by atoms with Crippen LogP contribution in [0.3, 0.4) is 0 Å². The predicted molar refractivity (Wildman–Crippen MR) is 92.7 cm³/mol. The van der Waals surface area contributed by atoms with E-state index < -0.39 is 0 Å². The molecule has 0 amide bonds. The van der Waals surface area contributed by atoms with Crippen LogP contribution in [-0.4, -0.2) is 46.1 Å². The molecule has 2 aromatic heterocycles. The molecule has 2 rings (SSSR count). The molecule has 0 aliphatic heterocycles. The van der Waals surface area contributed by atoms with E-state index in [0.717, 1.165) is 35.5 Å². The van der Waals surface area contributed by atoms with Crippen LogP contribution in [0.4, 0.5) is 0 Å². The molecule has 0 aliphatic carbocycles. The first kappa shape index (κ1) is 16.4. The highest BCUT2D eigenvalue weighted by atomic mass is 32.2. The Labute approximate surface area is 135 Å². The van der Waals surface area contributed by atoms with Crippen molar-refractivity contribution in [3.05, 3.63) is 42.1 Å². The van der Waals surface area contributed by atoms with Crippen LogP contribution in [0.15, 0.2) is 35.7 Å². The number of nitrogens with one attached hydrogen (secondary N) is 2. The molecule has 22 heavy (non-hydrogen) atoms. The third kappa shape index (κ3) is 4.49. The quantitative estimate of drug-likeness (QED) is 0.481. The lowest BCUT2D eigenvalue weighted by atomic mass is 10.3. The Hall–Kier alpha value is -2.02. The molecule has 0 atom stereocenters. The molecule has 2 aromatic rings. The van der Waals surface area contributed by atoms with Crippen molar-refractivity contribution in [2.75, 3.05) is 25.6 Å². The van der Waals surface area contributed by atoms with Crippen LogP contribution in [0, 0.1) is 6.92 Å². The molecular formula is C15H22N6S. The molecule has 0 bridgehead atoms. The summed E-state index contributed by atoms with van der Waals surface area (Å²) in [6, 6.07) is 4.06. The Kier molecular flexibility index (Phi) is 6.27. The minimum Gasteiger partial charge on any atom is -0.356 e. The van der Waals surface area contributed by atoms with Gasteiger partial charge >= 0.3 is 0 Å². The topological polar surface area (TPSA) is 67.1 Å². The lowest BCUT2D eigenvalue weighted by molar-refractivity contribution is 0.826. The fraction of sp³-hybridized carbons (Fsp3) is 0.400. The summed E-state index contributed by atoms with van der Waals surface area (Å²) < 4.78 is 1.96. The molecule has 118 valence electrons. The summed E-state index contributed by atoms with van der Waals surface area (Å²) in [4.78, 5) is 12.9. The minimum atomic E-state index is 0.690. The van der Waals surface area contributed by atoms with E-state index in [9.17, 15) is 0 Å². The fourth-order valence-electron chi connectivity index (χ4n) is 1.96. The summed E-state index contributed by atoms with van der Waals surface area (Å²) in [5.41, 5.74) is 1.11. The molecule has 2 N–H and O–H groups in total. The zero-order chi connectivity index (χ0) is 15.8. The molecule has 0 spiro atoms. The van der Waals surface area contributed by atoms with Gasteiger partial charge in [-0.2, -0.15) is 11.8 Å². The standard InChI is InChI=1S/C15H22N6S/c1-12-17-6-8-21(12)14-5-4-13(10-19-14)11-20-15(16-2)18-7-9-22-3/h4-6,8,10H,7,9,11H2,1-3H3,(H2,16,18,20). The van der Waals surface area contributed by atoms with Crippen LogP contribution in [0.5, 0.6) is 0 Å². The van der Waals surface area contributed by atoms with E-state index in [2.05, 4.69) is 37.9 Å². The van der Waals surface area contributed by atoms with E-state index in [4.69, 9.17) is 0 Å². The van der Waals surface area contributed by atoms with E-state index in [1.807, 2.05) is 41.7 Å². The maximum absolute atomic E-state index is 4.48. The first-order valence-electron chi connectivity index (χ1n) is 7.13. The van der Waals surface area contributed by atoms with Crippen LogP contribution in [-0.2, 0) is 6.54 Å². The van der Waals surface area contributed by atoms with E-state index in [1.54, 1.807) is 13.2 Å². The van der Waals surface area contributed by atoms with Gasteiger partial charge in [0.2, 0.25) is 0 Å². The van der Waals surface area contributed by atoms with Gasteiger partial charge in [0.25, 0.3) is 0 Å². The Morgan fingerprint density at radius 1 is 1.32 bits per heavy atom. The van der Waals surface area contributed by atoms with Crippen molar-refractivity contribution in [3.8, 4) is 5.82 Å². The average molecular weight is 318 g/mol. The zero-order valence-corrected chi connectivity index (χ0v) is 14.0. The third-order valence-corrected chi connectivity index (χ3v) is 3.78. The first-order valence-corrected chi connectivity index (χ1v) is 8.52. The van der Waals surface area contributed by atoms with Gasteiger partial charge in [-0.1, -0.05) is 6.07 Å². The SMILES string of the molecule is CN=C(NCCSC)NCc1ccc(-n2ccnc2C)nc1. The van der Waals surface area contributed by atoms with Gasteiger partial charge in [0.1, 0.15) is 11.6 Å². The Bertz CT molecular complexity index is 605. The van der Waals surface area contributed by atoms with Crippen molar-refractivity contribution < 1.29 is 0 Å². The molecule has 0 saturated carbocycles. The van der Waals surface area contributed by atoms with E-state index in [1.165, 1.54) is 0 Å². The second-order valence-electron chi connectivity index (χ2n) is 4.71. The number of guanidine groups is 1. The van der Waals surface area contributed by atoms with Gasteiger partial charge in [-0.05, 0) is 24.8 Å². The largest absolute Gasteiger partial charge is 0.356 e. The summed E-state index contributed by atoms with van der Waals surface area (Å²) in [5.74, 6) is 3.67. The summed E-state index contributed by atoms with van der Waals surface area (Å²) >= 11 is 1.81. The summed E-state index contributed by atoms with van der Waals surface area (Å²) in [6.07, 6.45) is 7.65. The zero-order valence-electron chi connectivity index (χ0n) is 13.2. The number of pyridine rings is 1. The van der Waals surface area contributed by atoms with Crippen LogP contribution in [0.25, 0.3) is 5.82 Å². The number of nitrogens with zero attached hydrogens (tertiary/aromatic N) is 4. The van der Waals surface area contributed by atoms with Crippen molar-refractivity contribution in [1.29, 1.82) is 0 Å². The molecule has 0 saturated heterocycles. The van der Waals surface area contributed by atoms with Crippen LogP contribution >= 0.6 is 11.8 Å². The Morgan fingerprint density at radius 2 is 2.18 bits per heavy atom. The maximum atomic E-state index is 4.48. The number of thioether (sulfide) groups is 1. The molecule has 0 aliphatic rings. The molecule has 0 fully saturated rings. The van der Waals surface area contributed by atoms with Crippen molar-refractivity contribution in [2.45, 2.75) is 13.5 Å². The fourth-order valence-corrected chi connectivity index (χ4v) is 2.27. The minimum absolute atomic E-state index is 0.690. The smallest absolute Gasteiger partial charge is 0.191 e. The Balaban J connectivity index is 1.90. The number of hydrogen-bond acceptors (Lipinski definition) is 4. The summed E-state index contributed by atoms with van der Waals surface area (Å²) in [6.45, 7) is 3.55. The molecular weight excluding hydrogens is 296 g/mol. The van der Waals surface area contributed by atoms with Gasteiger partial charge in [-0.25, -0.2) is 9.97 Å².